The van der Waals surface area contributed by atoms with E-state index in [2.05, 4.69) is 9.82 Å². The van der Waals surface area contributed by atoms with E-state index >= 15 is 0 Å². The minimum absolute atomic E-state index is 0.0809. The molecule has 1 heterocycles. The Labute approximate surface area is 74.3 Å². The first-order valence-electron chi connectivity index (χ1n) is 3.44. The van der Waals surface area contributed by atoms with Crippen molar-refractivity contribution in [1.82, 2.24) is 4.98 Å². The van der Waals surface area contributed by atoms with Crippen LogP contribution < -0.4 is 5.90 Å². The normalized spacial score (nSPS) is 10.2. The third kappa shape index (κ3) is 1.88. The molecule has 0 radical (unpaired) electrons. The number of Topliss-reactive ketones (excluding diaryl/α,β-unsaturated/α-hetero) is 1. The molecule has 0 aliphatic carbocycles. The van der Waals surface area contributed by atoms with Crippen molar-refractivity contribution in [3.05, 3.63) is 15.6 Å². The van der Waals surface area contributed by atoms with Crippen LogP contribution in [0.25, 0.3) is 0 Å². The quantitative estimate of drug-likeness (QED) is 0.561. The van der Waals surface area contributed by atoms with Gasteiger partial charge in [0.25, 0.3) is 0 Å². The summed E-state index contributed by atoms with van der Waals surface area (Å²) in [6.07, 6.45) is 0. The van der Waals surface area contributed by atoms with Gasteiger partial charge in [0.1, 0.15) is 6.61 Å². The SMILES string of the molecule is Cc1nc(C)c(C(=O)CON)s1. The molecule has 0 atom stereocenters. The zero-order valence-corrected chi connectivity index (χ0v) is 7.77. The number of carbonyl (C=O) groups is 1. The Kier molecular flexibility index (Phi) is 2.91. The van der Waals surface area contributed by atoms with Gasteiger partial charge in [-0.05, 0) is 13.8 Å². The van der Waals surface area contributed by atoms with Crippen LogP contribution in [0.5, 0.6) is 0 Å². The van der Waals surface area contributed by atoms with E-state index in [1.807, 2.05) is 6.92 Å². The summed E-state index contributed by atoms with van der Waals surface area (Å²) in [6, 6.07) is 0. The molecule has 4 nitrogen and oxygen atoms in total. The Morgan fingerprint density at radius 1 is 1.67 bits per heavy atom. The molecular formula is C7H10N2O2S. The number of nitrogens with two attached hydrogens (primary N) is 1. The second kappa shape index (κ2) is 3.75. The van der Waals surface area contributed by atoms with E-state index in [9.17, 15) is 4.79 Å². The van der Waals surface area contributed by atoms with Gasteiger partial charge >= 0.3 is 0 Å². The van der Waals surface area contributed by atoms with Crippen LogP contribution in [0.1, 0.15) is 20.4 Å². The molecule has 0 fully saturated rings. The van der Waals surface area contributed by atoms with E-state index in [1.165, 1.54) is 11.3 Å². The van der Waals surface area contributed by atoms with E-state index in [0.717, 1.165) is 10.7 Å². The molecule has 0 bridgehead atoms. The Morgan fingerprint density at radius 3 is 2.75 bits per heavy atom. The maximum Gasteiger partial charge on any atom is 0.202 e. The number of carbonyl (C=O) groups excluding carboxylic acids is 1. The van der Waals surface area contributed by atoms with Gasteiger partial charge in [0, 0.05) is 0 Å². The molecule has 0 unspecified atom stereocenters. The molecule has 2 N–H and O–H groups in total. The van der Waals surface area contributed by atoms with Gasteiger partial charge in [-0.3, -0.25) is 9.63 Å². The molecule has 1 rings (SSSR count). The highest BCUT2D eigenvalue weighted by molar-refractivity contribution is 7.13. The van der Waals surface area contributed by atoms with Gasteiger partial charge in [-0.1, -0.05) is 0 Å². The molecule has 0 saturated heterocycles. The zero-order valence-electron chi connectivity index (χ0n) is 6.96. The zero-order chi connectivity index (χ0) is 9.14. The average molecular weight is 186 g/mol. The summed E-state index contributed by atoms with van der Waals surface area (Å²) >= 11 is 1.37. The molecule has 1 aromatic heterocycles. The van der Waals surface area contributed by atoms with Gasteiger partial charge < -0.3 is 0 Å². The first-order valence-corrected chi connectivity index (χ1v) is 4.25. The van der Waals surface area contributed by atoms with Crippen LogP contribution in [0.4, 0.5) is 0 Å². The van der Waals surface area contributed by atoms with Gasteiger partial charge in [-0.25, -0.2) is 10.9 Å². The predicted molar refractivity (Wildman–Crippen MR) is 46.1 cm³/mol. The van der Waals surface area contributed by atoms with E-state index in [-0.39, 0.29) is 12.4 Å². The van der Waals surface area contributed by atoms with Crippen LogP contribution in [-0.4, -0.2) is 17.4 Å². The van der Waals surface area contributed by atoms with Crippen LogP contribution in [0, 0.1) is 13.8 Å². The molecule has 0 saturated carbocycles. The summed E-state index contributed by atoms with van der Waals surface area (Å²) in [5.41, 5.74) is 0.750. The fourth-order valence-corrected chi connectivity index (χ4v) is 1.78. The molecule has 12 heavy (non-hydrogen) atoms. The number of thiazole rings is 1. The van der Waals surface area contributed by atoms with Gasteiger partial charge in [-0.2, -0.15) is 0 Å². The van der Waals surface area contributed by atoms with Crippen LogP contribution in [0.3, 0.4) is 0 Å². The lowest BCUT2D eigenvalue weighted by Crippen LogP contribution is -2.12. The van der Waals surface area contributed by atoms with Crippen molar-refractivity contribution in [2.75, 3.05) is 6.61 Å². The van der Waals surface area contributed by atoms with Crippen molar-refractivity contribution in [1.29, 1.82) is 0 Å². The molecule has 0 amide bonds. The Hall–Kier alpha value is -0.780. The fraction of sp³-hybridized carbons (Fsp3) is 0.429. The number of hydrogen-bond acceptors (Lipinski definition) is 5. The van der Waals surface area contributed by atoms with Crippen LogP contribution in [0.2, 0.25) is 0 Å². The molecule has 1 aromatic rings. The van der Waals surface area contributed by atoms with Crippen molar-refractivity contribution < 1.29 is 9.63 Å². The van der Waals surface area contributed by atoms with Crippen molar-refractivity contribution in [3.63, 3.8) is 0 Å². The second-order valence-electron chi connectivity index (χ2n) is 2.38. The van der Waals surface area contributed by atoms with Gasteiger partial charge in [0.05, 0.1) is 15.6 Å². The fourth-order valence-electron chi connectivity index (χ4n) is 0.931. The first kappa shape index (κ1) is 9.31. The highest BCUT2D eigenvalue weighted by atomic mass is 32.1. The minimum Gasteiger partial charge on any atom is -0.296 e. The van der Waals surface area contributed by atoms with Crippen molar-refractivity contribution >= 4 is 17.1 Å². The summed E-state index contributed by atoms with van der Waals surface area (Å²) in [7, 11) is 0. The summed E-state index contributed by atoms with van der Waals surface area (Å²) in [6.45, 7) is 3.58. The summed E-state index contributed by atoms with van der Waals surface area (Å²) < 4.78 is 0. The molecule has 5 heteroatoms. The Bertz CT molecular complexity index is 296. The lowest BCUT2D eigenvalue weighted by Gasteiger charge is -1.94. The molecule has 66 valence electrons. The molecule has 0 spiro atoms. The summed E-state index contributed by atoms with van der Waals surface area (Å²) in [5.74, 6) is 4.68. The third-order valence-electron chi connectivity index (χ3n) is 1.37. The van der Waals surface area contributed by atoms with E-state index in [0.29, 0.717) is 4.88 Å². The summed E-state index contributed by atoms with van der Waals surface area (Å²) in [4.78, 5) is 20.2. The maximum atomic E-state index is 11.2. The molecule has 0 aromatic carbocycles. The van der Waals surface area contributed by atoms with E-state index in [4.69, 9.17) is 5.90 Å². The monoisotopic (exact) mass is 186 g/mol. The Morgan fingerprint density at radius 2 is 2.33 bits per heavy atom. The highest BCUT2D eigenvalue weighted by Gasteiger charge is 2.12. The van der Waals surface area contributed by atoms with Crippen LogP contribution in [-0.2, 0) is 4.84 Å². The average Bonchev–Trinajstić information content (AvgIpc) is 2.30. The van der Waals surface area contributed by atoms with Crippen molar-refractivity contribution in [2.45, 2.75) is 13.8 Å². The number of aromatic nitrogens is 1. The van der Waals surface area contributed by atoms with Gasteiger partial charge in [0.15, 0.2) is 0 Å². The standard InChI is InChI=1S/C7H10N2O2S/c1-4-7(6(10)3-11-8)12-5(2)9-4/h3,8H2,1-2H3. The maximum absolute atomic E-state index is 11.2. The Balaban J connectivity index is 2.87. The largest absolute Gasteiger partial charge is 0.296 e. The highest BCUT2D eigenvalue weighted by Crippen LogP contribution is 2.17. The lowest BCUT2D eigenvalue weighted by molar-refractivity contribution is 0.0766. The molecular weight excluding hydrogens is 176 g/mol. The topological polar surface area (TPSA) is 65.2 Å². The molecule has 0 aliphatic rings. The van der Waals surface area contributed by atoms with E-state index in [1.54, 1.807) is 6.92 Å². The van der Waals surface area contributed by atoms with Crippen LogP contribution in [0.15, 0.2) is 0 Å². The van der Waals surface area contributed by atoms with Crippen molar-refractivity contribution in [2.24, 2.45) is 5.90 Å². The number of aryl methyl sites for hydroxylation is 2. The number of rotatable bonds is 3. The number of nitrogens with zero attached hydrogens (tertiary/aromatic N) is 1. The minimum atomic E-state index is -0.111. The first-order chi connectivity index (χ1) is 5.65. The van der Waals surface area contributed by atoms with E-state index < -0.39 is 0 Å². The number of hydrogen-bond donors (Lipinski definition) is 1. The van der Waals surface area contributed by atoms with Crippen molar-refractivity contribution in [3.8, 4) is 0 Å². The van der Waals surface area contributed by atoms with Gasteiger partial charge in [0.2, 0.25) is 5.78 Å². The summed E-state index contributed by atoms with van der Waals surface area (Å²) in [5, 5.41) is 0.882. The van der Waals surface area contributed by atoms with Crippen LogP contribution >= 0.6 is 11.3 Å². The smallest absolute Gasteiger partial charge is 0.202 e. The van der Waals surface area contributed by atoms with Gasteiger partial charge in [-0.15, -0.1) is 11.3 Å². The predicted octanol–water partition coefficient (Wildman–Crippen LogP) is 0.833. The lowest BCUT2D eigenvalue weighted by atomic mass is 10.3. The second-order valence-corrected chi connectivity index (χ2v) is 3.58. The third-order valence-corrected chi connectivity index (χ3v) is 2.49. The molecule has 0 aliphatic heterocycles. The number of ketones is 1.